The molecule has 9 nitrogen and oxygen atoms in total. The van der Waals surface area contributed by atoms with Gasteiger partial charge in [-0.2, -0.15) is 0 Å². The predicted octanol–water partition coefficient (Wildman–Crippen LogP) is -1.99. The Bertz CT molecular complexity index is 769. The van der Waals surface area contributed by atoms with Crippen LogP contribution < -0.4 is 5.32 Å². The van der Waals surface area contributed by atoms with E-state index in [1.807, 2.05) is 0 Å². The Kier molecular flexibility index (Phi) is 7.51. The lowest BCUT2D eigenvalue weighted by atomic mass is 9.95. The zero-order valence-electron chi connectivity index (χ0n) is 15.1. The fraction of sp³-hybridized carbons (Fsp3) is 0.474. The van der Waals surface area contributed by atoms with E-state index in [1.165, 1.54) is 6.92 Å². The van der Waals surface area contributed by atoms with Crippen LogP contribution in [-0.2, 0) is 20.7 Å². The number of carboxylic acids is 1. The summed E-state index contributed by atoms with van der Waals surface area (Å²) in [5.41, 5.74) is 1.13. The smallest absolute Gasteiger partial charge is 0.326 e. The van der Waals surface area contributed by atoms with Crippen LogP contribution in [0.5, 0.6) is 0 Å². The van der Waals surface area contributed by atoms with E-state index in [4.69, 9.17) is 4.74 Å². The van der Waals surface area contributed by atoms with Gasteiger partial charge in [-0.05, 0) is 17.7 Å². The number of hydrogen-bond donors (Lipinski definition) is 6. The first-order valence-corrected chi connectivity index (χ1v) is 8.63. The number of aliphatic hydroxyl groups is 4. The number of carbonyl (C=O) groups is 2. The number of hydrogen-bond acceptors (Lipinski definition) is 7. The normalized spacial score (nSPS) is 28.0. The number of benzene rings is 1. The van der Waals surface area contributed by atoms with Crippen LogP contribution in [0.3, 0.4) is 0 Å². The van der Waals surface area contributed by atoms with Gasteiger partial charge in [0.15, 0.2) is 0 Å². The van der Waals surface area contributed by atoms with Crippen molar-refractivity contribution in [2.75, 3.05) is 6.61 Å². The first kappa shape index (κ1) is 21.8. The Hall–Kier alpha value is -2.48. The van der Waals surface area contributed by atoms with Crippen molar-refractivity contribution in [3.05, 3.63) is 35.4 Å². The van der Waals surface area contributed by atoms with Crippen molar-refractivity contribution in [1.29, 1.82) is 0 Å². The predicted molar refractivity (Wildman–Crippen MR) is 96.0 cm³/mol. The molecule has 0 radical (unpaired) electrons. The van der Waals surface area contributed by atoms with E-state index in [1.54, 1.807) is 24.3 Å². The monoisotopic (exact) mass is 393 g/mol. The van der Waals surface area contributed by atoms with Crippen molar-refractivity contribution in [2.45, 2.75) is 49.9 Å². The van der Waals surface area contributed by atoms with Crippen molar-refractivity contribution in [3.8, 4) is 11.8 Å². The Morgan fingerprint density at radius 2 is 1.93 bits per heavy atom. The third-order valence-corrected chi connectivity index (χ3v) is 4.29. The maximum absolute atomic E-state index is 11.3. The van der Waals surface area contributed by atoms with E-state index in [0.29, 0.717) is 11.1 Å². The highest BCUT2D eigenvalue weighted by atomic mass is 16.5. The zero-order valence-corrected chi connectivity index (χ0v) is 15.1. The lowest BCUT2D eigenvalue weighted by Crippen LogP contribution is -2.58. The van der Waals surface area contributed by atoms with Crippen LogP contribution in [0.25, 0.3) is 0 Å². The van der Waals surface area contributed by atoms with Gasteiger partial charge in [-0.3, -0.25) is 4.79 Å². The standard InChI is InChI=1S/C19H23NO8/c1-10(22)20-13(19(26)27)8-12-4-2-3-11(7-12)5-6-14-16(23)18(25)17(24)15(9-21)28-14/h2-4,7,13-18,21,23-25H,8-9H2,1H3,(H,20,22)(H,26,27)/t13?,14-,15-,16-,17-,18-/m1/s1. The SMILES string of the molecule is CC(=O)NC(Cc1cccc(C#C[C@H]2O[C@H](CO)[C@@H](O)[C@H](O)[C@@H]2O)c1)C(=O)O. The minimum Gasteiger partial charge on any atom is -0.480 e. The number of rotatable bonds is 5. The first-order valence-electron chi connectivity index (χ1n) is 8.63. The molecule has 0 aliphatic carbocycles. The largest absolute Gasteiger partial charge is 0.480 e. The summed E-state index contributed by atoms with van der Waals surface area (Å²) in [5.74, 6) is 3.80. The van der Waals surface area contributed by atoms with Crippen LogP contribution in [-0.4, -0.2) is 80.6 Å². The summed E-state index contributed by atoms with van der Waals surface area (Å²) >= 11 is 0. The highest BCUT2D eigenvalue weighted by Crippen LogP contribution is 2.20. The van der Waals surface area contributed by atoms with E-state index in [2.05, 4.69) is 17.2 Å². The van der Waals surface area contributed by atoms with Crippen LogP contribution in [0, 0.1) is 11.8 Å². The van der Waals surface area contributed by atoms with Crippen LogP contribution in [0.4, 0.5) is 0 Å². The second kappa shape index (κ2) is 9.64. The molecule has 0 spiro atoms. The van der Waals surface area contributed by atoms with Crippen molar-refractivity contribution in [2.24, 2.45) is 0 Å². The van der Waals surface area contributed by atoms with Crippen molar-refractivity contribution in [1.82, 2.24) is 5.32 Å². The minimum atomic E-state index is -1.51. The molecule has 0 aromatic heterocycles. The lowest BCUT2D eigenvalue weighted by molar-refractivity contribution is -0.214. The van der Waals surface area contributed by atoms with Crippen LogP contribution in [0.15, 0.2) is 24.3 Å². The summed E-state index contributed by atoms with van der Waals surface area (Å²) in [4.78, 5) is 22.4. The van der Waals surface area contributed by atoms with Crippen LogP contribution >= 0.6 is 0 Å². The number of aliphatic hydroxyl groups excluding tert-OH is 4. The maximum Gasteiger partial charge on any atom is 0.326 e. The van der Waals surface area contributed by atoms with Gasteiger partial charge in [0.05, 0.1) is 6.61 Å². The number of carbonyl (C=O) groups excluding carboxylic acids is 1. The Morgan fingerprint density at radius 1 is 1.21 bits per heavy atom. The van der Waals surface area contributed by atoms with Crippen molar-refractivity contribution in [3.63, 3.8) is 0 Å². The second-order valence-electron chi connectivity index (χ2n) is 6.51. The molecule has 1 aliphatic heterocycles. The van der Waals surface area contributed by atoms with Gasteiger partial charge in [0.1, 0.15) is 36.6 Å². The molecule has 1 aromatic rings. The quantitative estimate of drug-likeness (QED) is 0.314. The highest BCUT2D eigenvalue weighted by molar-refractivity contribution is 5.82. The van der Waals surface area contributed by atoms with E-state index in [-0.39, 0.29) is 6.42 Å². The van der Waals surface area contributed by atoms with E-state index < -0.39 is 55.0 Å². The molecule has 9 heteroatoms. The lowest BCUT2D eigenvalue weighted by Gasteiger charge is -2.37. The molecule has 1 saturated heterocycles. The fourth-order valence-electron chi connectivity index (χ4n) is 2.83. The average molecular weight is 393 g/mol. The van der Waals surface area contributed by atoms with E-state index in [9.17, 15) is 35.1 Å². The number of nitrogens with one attached hydrogen (secondary N) is 1. The number of amides is 1. The summed E-state index contributed by atoms with van der Waals surface area (Å²) in [6, 6.07) is 5.57. The van der Waals surface area contributed by atoms with Gasteiger partial charge in [0, 0.05) is 18.9 Å². The van der Waals surface area contributed by atoms with Gasteiger partial charge in [0.25, 0.3) is 0 Å². The number of carboxylic acid groups (broad SMARTS) is 1. The van der Waals surface area contributed by atoms with Gasteiger partial charge < -0.3 is 35.6 Å². The summed E-state index contributed by atoms with van der Waals surface area (Å²) in [6.45, 7) is 0.691. The summed E-state index contributed by atoms with van der Waals surface area (Å²) in [7, 11) is 0. The van der Waals surface area contributed by atoms with Gasteiger partial charge >= 0.3 is 5.97 Å². The summed E-state index contributed by atoms with van der Waals surface area (Å²) in [6.07, 6.45) is -6.52. The molecular weight excluding hydrogens is 370 g/mol. The minimum absolute atomic E-state index is 0.0600. The highest BCUT2D eigenvalue weighted by Gasteiger charge is 2.42. The molecule has 1 amide bonds. The van der Waals surface area contributed by atoms with Gasteiger partial charge in [0.2, 0.25) is 5.91 Å². The van der Waals surface area contributed by atoms with Gasteiger partial charge in [-0.15, -0.1) is 0 Å². The molecule has 1 unspecified atom stereocenters. The molecule has 1 aliphatic rings. The van der Waals surface area contributed by atoms with Crippen molar-refractivity contribution < 1.29 is 39.9 Å². The van der Waals surface area contributed by atoms with Crippen LogP contribution in [0.2, 0.25) is 0 Å². The third kappa shape index (κ3) is 5.51. The second-order valence-corrected chi connectivity index (χ2v) is 6.51. The molecular formula is C19H23NO8. The average Bonchev–Trinajstić information content (AvgIpc) is 2.65. The van der Waals surface area contributed by atoms with Gasteiger partial charge in [-0.25, -0.2) is 4.79 Å². The number of ether oxygens (including phenoxy) is 1. The first-order chi connectivity index (χ1) is 13.2. The molecule has 0 saturated carbocycles. The zero-order chi connectivity index (χ0) is 20.8. The summed E-state index contributed by atoms with van der Waals surface area (Å²) in [5, 5.41) is 50.3. The Labute approximate surface area is 161 Å². The molecule has 6 N–H and O–H groups in total. The molecule has 0 bridgehead atoms. The van der Waals surface area contributed by atoms with Crippen LogP contribution in [0.1, 0.15) is 18.1 Å². The molecule has 1 heterocycles. The molecule has 6 atom stereocenters. The van der Waals surface area contributed by atoms with E-state index in [0.717, 1.165) is 0 Å². The molecule has 2 rings (SSSR count). The molecule has 1 aromatic carbocycles. The fourth-order valence-corrected chi connectivity index (χ4v) is 2.83. The third-order valence-electron chi connectivity index (χ3n) is 4.29. The Morgan fingerprint density at radius 3 is 2.54 bits per heavy atom. The molecule has 28 heavy (non-hydrogen) atoms. The number of aliphatic carboxylic acids is 1. The molecule has 1 fully saturated rings. The van der Waals surface area contributed by atoms with Crippen molar-refractivity contribution >= 4 is 11.9 Å². The Balaban J connectivity index is 2.15. The van der Waals surface area contributed by atoms with E-state index >= 15 is 0 Å². The molecule has 152 valence electrons. The maximum atomic E-state index is 11.3. The van der Waals surface area contributed by atoms with Gasteiger partial charge in [-0.1, -0.05) is 24.0 Å². The summed E-state index contributed by atoms with van der Waals surface area (Å²) < 4.78 is 5.31. The topological polar surface area (TPSA) is 157 Å².